The Morgan fingerprint density at radius 3 is 2.62 bits per heavy atom. The molecule has 1 saturated carbocycles. The molecule has 1 amide bonds. The van der Waals surface area contributed by atoms with E-state index in [1.165, 1.54) is 44.1 Å². The lowest BCUT2D eigenvalue weighted by Gasteiger charge is -2.37. The standard InChI is InChI=1S/C17H25N3O3S/c1-23-17(22)16-14(6-11-24-16)18-15(21)12-19-7-9-20(10-8-19)13-4-2-3-5-13/h6,11,13H,2-5,7-10,12H2,1H3,(H,18,21). The molecule has 7 heteroatoms. The first-order valence-corrected chi connectivity index (χ1v) is 9.47. The quantitative estimate of drug-likeness (QED) is 0.823. The maximum atomic E-state index is 12.3. The van der Waals surface area contributed by atoms with Crippen LogP contribution in [-0.2, 0) is 9.53 Å². The lowest BCUT2D eigenvalue weighted by atomic mass is 10.2. The number of amides is 1. The van der Waals surface area contributed by atoms with Gasteiger partial charge in [0.05, 0.1) is 19.3 Å². The van der Waals surface area contributed by atoms with Gasteiger partial charge in [-0.05, 0) is 24.3 Å². The molecule has 1 saturated heterocycles. The highest BCUT2D eigenvalue weighted by Gasteiger charge is 2.27. The van der Waals surface area contributed by atoms with Crippen molar-refractivity contribution < 1.29 is 14.3 Å². The zero-order valence-electron chi connectivity index (χ0n) is 14.1. The zero-order valence-corrected chi connectivity index (χ0v) is 14.9. The third-order valence-electron chi connectivity index (χ3n) is 4.93. The molecule has 0 bridgehead atoms. The summed E-state index contributed by atoms with van der Waals surface area (Å²) >= 11 is 1.28. The van der Waals surface area contributed by atoms with Gasteiger partial charge in [-0.3, -0.25) is 14.6 Å². The van der Waals surface area contributed by atoms with Crippen molar-refractivity contribution in [2.45, 2.75) is 31.7 Å². The molecule has 1 aromatic heterocycles. The van der Waals surface area contributed by atoms with E-state index in [4.69, 9.17) is 4.74 Å². The molecule has 2 heterocycles. The van der Waals surface area contributed by atoms with E-state index < -0.39 is 5.97 Å². The SMILES string of the molecule is COC(=O)c1sccc1NC(=O)CN1CCN(C2CCCC2)CC1. The largest absolute Gasteiger partial charge is 0.465 e. The highest BCUT2D eigenvalue weighted by atomic mass is 32.1. The minimum absolute atomic E-state index is 0.0760. The maximum Gasteiger partial charge on any atom is 0.350 e. The summed E-state index contributed by atoms with van der Waals surface area (Å²) in [6.45, 7) is 4.32. The number of carbonyl (C=O) groups is 2. The van der Waals surface area contributed by atoms with Crippen molar-refractivity contribution in [3.63, 3.8) is 0 Å². The molecular weight excluding hydrogens is 326 g/mol. The van der Waals surface area contributed by atoms with E-state index in [0.29, 0.717) is 17.1 Å². The summed E-state index contributed by atoms with van der Waals surface area (Å²) in [5, 5.41) is 4.61. The molecule has 6 nitrogen and oxygen atoms in total. The van der Waals surface area contributed by atoms with Crippen LogP contribution in [0.5, 0.6) is 0 Å². The molecule has 0 atom stereocenters. The monoisotopic (exact) mass is 351 g/mol. The molecule has 2 aliphatic rings. The van der Waals surface area contributed by atoms with E-state index >= 15 is 0 Å². The second-order valence-electron chi connectivity index (χ2n) is 6.45. The Labute approximate surface area is 146 Å². The Balaban J connectivity index is 1.46. The number of nitrogens with one attached hydrogen (secondary N) is 1. The van der Waals surface area contributed by atoms with Gasteiger partial charge in [-0.1, -0.05) is 12.8 Å². The lowest BCUT2D eigenvalue weighted by molar-refractivity contribution is -0.117. The van der Waals surface area contributed by atoms with Crippen LogP contribution in [0.2, 0.25) is 0 Å². The van der Waals surface area contributed by atoms with Gasteiger partial charge < -0.3 is 10.1 Å². The van der Waals surface area contributed by atoms with Gasteiger partial charge in [0.2, 0.25) is 5.91 Å². The van der Waals surface area contributed by atoms with Gasteiger partial charge in [-0.15, -0.1) is 11.3 Å². The molecule has 1 aromatic rings. The Kier molecular flexibility index (Phi) is 5.86. The zero-order chi connectivity index (χ0) is 16.9. The number of hydrogen-bond donors (Lipinski definition) is 1. The summed E-state index contributed by atoms with van der Waals surface area (Å²) in [4.78, 5) is 29.1. The average molecular weight is 351 g/mol. The van der Waals surface area contributed by atoms with Crippen LogP contribution in [0.1, 0.15) is 35.4 Å². The summed E-state index contributed by atoms with van der Waals surface area (Å²) in [6, 6.07) is 2.50. The van der Waals surface area contributed by atoms with Crippen LogP contribution in [0.4, 0.5) is 5.69 Å². The van der Waals surface area contributed by atoms with Gasteiger partial charge in [0.15, 0.2) is 0 Å². The van der Waals surface area contributed by atoms with E-state index in [9.17, 15) is 9.59 Å². The van der Waals surface area contributed by atoms with Gasteiger partial charge >= 0.3 is 5.97 Å². The van der Waals surface area contributed by atoms with Crippen molar-refractivity contribution in [2.24, 2.45) is 0 Å². The van der Waals surface area contributed by atoms with Crippen molar-refractivity contribution in [3.05, 3.63) is 16.3 Å². The molecular formula is C17H25N3O3S. The van der Waals surface area contributed by atoms with E-state index in [-0.39, 0.29) is 5.91 Å². The molecule has 1 aliphatic heterocycles. The van der Waals surface area contributed by atoms with Crippen LogP contribution in [0.3, 0.4) is 0 Å². The molecule has 132 valence electrons. The number of methoxy groups -OCH3 is 1. The van der Waals surface area contributed by atoms with E-state index in [1.807, 2.05) is 0 Å². The van der Waals surface area contributed by atoms with Crippen LogP contribution in [-0.4, -0.2) is 67.6 Å². The van der Waals surface area contributed by atoms with Crippen molar-refractivity contribution >= 4 is 28.9 Å². The van der Waals surface area contributed by atoms with Gasteiger partial charge in [-0.2, -0.15) is 0 Å². The molecule has 24 heavy (non-hydrogen) atoms. The fourth-order valence-corrected chi connectivity index (χ4v) is 4.37. The van der Waals surface area contributed by atoms with Crippen LogP contribution < -0.4 is 5.32 Å². The van der Waals surface area contributed by atoms with Crippen molar-refractivity contribution in [1.29, 1.82) is 0 Å². The number of piperazine rings is 1. The minimum Gasteiger partial charge on any atom is -0.465 e. The van der Waals surface area contributed by atoms with Crippen LogP contribution in [0.25, 0.3) is 0 Å². The third kappa shape index (κ3) is 4.15. The smallest absolute Gasteiger partial charge is 0.350 e. The van der Waals surface area contributed by atoms with Gasteiger partial charge in [-0.25, -0.2) is 4.79 Å². The number of esters is 1. The lowest BCUT2D eigenvalue weighted by Crippen LogP contribution is -2.51. The molecule has 2 fully saturated rings. The second kappa shape index (κ2) is 8.09. The van der Waals surface area contributed by atoms with Crippen molar-refractivity contribution in [1.82, 2.24) is 9.80 Å². The Morgan fingerprint density at radius 1 is 1.25 bits per heavy atom. The fourth-order valence-electron chi connectivity index (χ4n) is 3.61. The summed E-state index contributed by atoms with van der Waals surface area (Å²) in [5.41, 5.74) is 0.543. The van der Waals surface area contributed by atoms with Crippen molar-refractivity contribution in [2.75, 3.05) is 45.2 Å². The van der Waals surface area contributed by atoms with E-state index in [0.717, 1.165) is 32.2 Å². The van der Waals surface area contributed by atoms with Gasteiger partial charge in [0.25, 0.3) is 0 Å². The van der Waals surface area contributed by atoms with Gasteiger partial charge in [0, 0.05) is 32.2 Å². The Hall–Kier alpha value is -1.44. The predicted molar refractivity (Wildman–Crippen MR) is 94.6 cm³/mol. The molecule has 0 spiro atoms. The summed E-state index contributed by atoms with van der Waals surface area (Å²) in [7, 11) is 1.34. The Morgan fingerprint density at radius 2 is 1.96 bits per heavy atom. The molecule has 0 unspecified atom stereocenters. The fraction of sp³-hybridized carbons (Fsp3) is 0.647. The predicted octanol–water partition coefficient (Wildman–Crippen LogP) is 2.03. The van der Waals surface area contributed by atoms with Crippen LogP contribution in [0, 0.1) is 0 Å². The molecule has 1 aliphatic carbocycles. The Bertz CT molecular complexity index is 575. The number of nitrogens with zero attached hydrogens (tertiary/aromatic N) is 2. The van der Waals surface area contributed by atoms with Crippen LogP contribution in [0.15, 0.2) is 11.4 Å². The second-order valence-corrected chi connectivity index (χ2v) is 7.37. The number of ether oxygens (including phenoxy) is 1. The molecule has 1 N–H and O–H groups in total. The van der Waals surface area contributed by atoms with Crippen LogP contribution >= 0.6 is 11.3 Å². The van der Waals surface area contributed by atoms with Gasteiger partial charge in [0.1, 0.15) is 4.88 Å². The molecule has 3 rings (SSSR count). The average Bonchev–Trinajstić information content (AvgIpc) is 3.26. The number of anilines is 1. The normalized spacial score (nSPS) is 20.2. The topological polar surface area (TPSA) is 61.9 Å². The van der Waals surface area contributed by atoms with E-state index in [2.05, 4.69) is 15.1 Å². The highest BCUT2D eigenvalue weighted by Crippen LogP contribution is 2.25. The summed E-state index contributed by atoms with van der Waals surface area (Å²) < 4.78 is 4.73. The number of carbonyl (C=O) groups excluding carboxylic acids is 2. The van der Waals surface area contributed by atoms with E-state index in [1.54, 1.807) is 11.4 Å². The summed E-state index contributed by atoms with van der Waals surface area (Å²) in [6.07, 6.45) is 5.37. The third-order valence-corrected chi connectivity index (χ3v) is 5.82. The number of rotatable bonds is 5. The summed E-state index contributed by atoms with van der Waals surface area (Å²) in [5.74, 6) is -0.488. The number of thiophene rings is 1. The first kappa shape index (κ1) is 17.4. The number of hydrogen-bond acceptors (Lipinski definition) is 6. The minimum atomic E-state index is -0.412. The maximum absolute atomic E-state index is 12.3. The highest BCUT2D eigenvalue weighted by molar-refractivity contribution is 7.12. The first-order chi connectivity index (χ1) is 11.7. The van der Waals surface area contributed by atoms with Crippen molar-refractivity contribution in [3.8, 4) is 0 Å². The molecule has 0 radical (unpaired) electrons. The first-order valence-electron chi connectivity index (χ1n) is 8.59. The molecule has 0 aromatic carbocycles.